The van der Waals surface area contributed by atoms with E-state index < -0.39 is 151 Å². The van der Waals surface area contributed by atoms with Crippen LogP contribution in [0, 0.1) is 0 Å². The molecule has 1 unspecified atom stereocenters. The van der Waals surface area contributed by atoms with E-state index in [4.69, 9.17) is 41.0 Å². The predicted octanol–water partition coefficient (Wildman–Crippen LogP) is 4.84. The summed E-state index contributed by atoms with van der Waals surface area (Å²) in [6, 6.07) is 14.8. The Morgan fingerprint density at radius 3 is 1.57 bits per heavy atom. The average molecular weight is 1190 g/mol. The summed E-state index contributed by atoms with van der Waals surface area (Å²) >= 11 is 0.648. The first kappa shape index (κ1) is 61.2. The van der Waals surface area contributed by atoms with Crippen LogP contribution < -0.4 is 17.2 Å². The van der Waals surface area contributed by atoms with Crippen LogP contribution in [0.2, 0.25) is 0 Å². The number of carboxylic acids is 1. The minimum Gasteiger partial charge on any atom is -0.478 e. The molecule has 0 aromatic heterocycles. The molecule has 77 heavy (non-hydrogen) atoms. The molecule has 32 nitrogen and oxygen atoms in total. The molecular weight excluding hydrogens is 1150 g/mol. The molecule has 0 saturated carbocycles. The number of carbonyl (C=O) groups is 1. The van der Waals surface area contributed by atoms with Crippen molar-refractivity contribution in [2.45, 2.75) is 25.1 Å². The Bertz CT molecular complexity index is 3790. The van der Waals surface area contributed by atoms with Crippen LogP contribution in [0.15, 0.2) is 135 Å². The summed E-state index contributed by atoms with van der Waals surface area (Å²) in [7, 11) is -23.5. The molecule has 0 bridgehead atoms. The monoisotopic (exact) mass is 1190 g/mol. The molecule has 1 atom stereocenters. The van der Waals surface area contributed by atoms with Gasteiger partial charge < -0.3 is 26.5 Å². The second-order valence-corrected chi connectivity index (χ2v) is 23.8. The van der Waals surface area contributed by atoms with Gasteiger partial charge in [0.15, 0.2) is 19.7 Å². The predicted molar refractivity (Wildman–Crippen MR) is 266 cm³/mol. The fourth-order valence-electron chi connectivity index (χ4n) is 6.30. The van der Waals surface area contributed by atoms with E-state index in [9.17, 15) is 61.3 Å². The van der Waals surface area contributed by atoms with Gasteiger partial charge in [0.2, 0.25) is 0 Å². The summed E-state index contributed by atoms with van der Waals surface area (Å²) in [6.45, 7) is -3.82. The molecule has 5 rings (SSSR count). The number of fused-ring (bicyclic) bond motifs is 1. The molecule has 12 N–H and O–H groups in total. The van der Waals surface area contributed by atoms with Gasteiger partial charge in [-0.25, -0.2) is 44.6 Å². The van der Waals surface area contributed by atoms with E-state index >= 15 is 0 Å². The summed E-state index contributed by atoms with van der Waals surface area (Å²) in [5, 5.41) is 52.1. The van der Waals surface area contributed by atoms with Crippen molar-refractivity contribution < 1.29 is 103 Å². The van der Waals surface area contributed by atoms with E-state index in [0.717, 1.165) is 54.6 Å². The highest BCUT2D eigenvalue weighted by Gasteiger charge is 2.34. The minimum atomic E-state index is -5.23. The summed E-state index contributed by atoms with van der Waals surface area (Å²) < 4.78 is 162. The molecule has 0 radical (unpaired) electrons. The van der Waals surface area contributed by atoms with Gasteiger partial charge in [-0.2, -0.15) is 35.5 Å². The van der Waals surface area contributed by atoms with Crippen LogP contribution in [0.1, 0.15) is 10.4 Å². The molecule has 0 aliphatic carbocycles. The lowest BCUT2D eigenvalue weighted by Crippen LogP contribution is -2.51. The van der Waals surface area contributed by atoms with Crippen LogP contribution in [0.3, 0.4) is 0 Å². The van der Waals surface area contributed by atoms with Crippen LogP contribution >= 0.6 is 12.0 Å². The Morgan fingerprint density at radius 2 is 1.13 bits per heavy atom. The van der Waals surface area contributed by atoms with Crippen molar-refractivity contribution in [3.63, 3.8) is 0 Å². The van der Waals surface area contributed by atoms with Crippen molar-refractivity contribution in [3.8, 4) is 0 Å². The third-order valence-electron chi connectivity index (χ3n) is 9.96. The number of rotatable bonds is 27. The number of anilines is 2. The van der Waals surface area contributed by atoms with Crippen LogP contribution in [-0.4, -0.2) is 133 Å². The fourth-order valence-corrected chi connectivity index (χ4v) is 10.8. The number of carbonyl (C=O) groups excluding carboxylic acids is 1. The van der Waals surface area contributed by atoms with Crippen molar-refractivity contribution >= 4 is 131 Å². The third-order valence-corrected chi connectivity index (χ3v) is 15.9. The van der Waals surface area contributed by atoms with E-state index in [0.29, 0.717) is 12.0 Å². The van der Waals surface area contributed by atoms with Gasteiger partial charge in [0.25, 0.3) is 10.1 Å². The molecular formula is C39H39N9O23S6. The Hall–Kier alpha value is -6.66. The normalized spacial score (nSPS) is 13.6. The Labute approximate surface area is 439 Å². The number of azo groups is 3. The lowest BCUT2D eigenvalue weighted by Gasteiger charge is -2.27. The van der Waals surface area contributed by atoms with Gasteiger partial charge in [-0.15, -0.1) is 20.5 Å². The van der Waals surface area contributed by atoms with E-state index in [-0.39, 0.29) is 42.4 Å². The number of carboxylic acid groups (broad SMARTS) is 1. The van der Waals surface area contributed by atoms with Crippen molar-refractivity contribution in [3.05, 3.63) is 90.0 Å². The van der Waals surface area contributed by atoms with Crippen LogP contribution in [0.25, 0.3) is 10.8 Å². The lowest BCUT2D eigenvalue weighted by molar-refractivity contribution is -0.257. The second kappa shape index (κ2) is 25.2. The van der Waals surface area contributed by atoms with Gasteiger partial charge in [0.1, 0.15) is 57.9 Å². The minimum absolute atomic E-state index is 0.103. The maximum Gasteiger partial charge on any atom is 0.397 e. The van der Waals surface area contributed by atoms with E-state index in [1.165, 1.54) is 30.2 Å². The molecule has 5 aromatic rings. The Kier molecular flexibility index (Phi) is 20.0. The van der Waals surface area contributed by atoms with Crippen LogP contribution in [-0.2, 0) is 77.7 Å². The third kappa shape index (κ3) is 16.4. The second-order valence-electron chi connectivity index (χ2n) is 15.2. The summed E-state index contributed by atoms with van der Waals surface area (Å²) in [5.41, 5.74) is 11.4. The standard InChI is InChI=1S/C39H39N9O23S6/c40-32-34(46-43-24-2-7-27(8-3-24)73(54,55)15-13-70-76(61,62)63)31(38(50)51)35(33(41)36(32)48-44-25-4-9-28(10-5-25)74(56,57)16-14-71-77(64,65)66)47-45-30-12-1-22-17-26(6-11-29(22)37(30)75(58,59)60)72-69-21-39(42,20-68-53)23(18-49)19-67-52/h1-12,17,52-53H,13-16,19-21,40-42H2,(H,50,51)(H,58,59,60)(H,61,62,63)(H,64,65,66). The van der Waals surface area contributed by atoms with E-state index in [2.05, 4.69) is 48.8 Å². The summed E-state index contributed by atoms with van der Waals surface area (Å²) in [5.74, 6) is -2.15. The first-order valence-corrected chi connectivity index (χ1v) is 28.7. The Morgan fingerprint density at radius 1 is 0.636 bits per heavy atom. The van der Waals surface area contributed by atoms with E-state index in [1.807, 2.05) is 0 Å². The van der Waals surface area contributed by atoms with Gasteiger partial charge in [-0.1, -0.05) is 12.1 Å². The highest BCUT2D eigenvalue weighted by Crippen LogP contribution is 2.49. The zero-order valence-corrected chi connectivity index (χ0v) is 43.3. The molecule has 0 amide bonds. The number of sulfone groups is 2. The maximum absolute atomic E-state index is 13.1. The smallest absolute Gasteiger partial charge is 0.397 e. The van der Waals surface area contributed by atoms with Gasteiger partial charge in [0, 0.05) is 22.3 Å². The molecule has 0 aliphatic rings. The van der Waals surface area contributed by atoms with Gasteiger partial charge in [-0.3, -0.25) is 24.2 Å². The number of nitrogens with zero attached hydrogens (tertiary/aromatic N) is 6. The van der Waals surface area contributed by atoms with Crippen molar-refractivity contribution in [1.29, 1.82) is 0 Å². The number of benzene rings is 5. The molecule has 38 heteroatoms. The van der Waals surface area contributed by atoms with Crippen LogP contribution in [0.5, 0.6) is 0 Å². The largest absolute Gasteiger partial charge is 0.478 e. The zero-order chi connectivity index (χ0) is 57.1. The molecule has 0 saturated heterocycles. The number of hydrogen-bond donors (Lipinski definition) is 9. The number of aromatic carboxylic acids is 1. The van der Waals surface area contributed by atoms with Crippen molar-refractivity contribution in [1.82, 2.24) is 0 Å². The lowest BCUT2D eigenvalue weighted by atomic mass is 9.94. The first-order chi connectivity index (χ1) is 35.9. The highest BCUT2D eigenvalue weighted by molar-refractivity contribution is 7.94. The number of nitrogen functional groups attached to an aromatic ring is 2. The van der Waals surface area contributed by atoms with Gasteiger partial charge >= 0.3 is 26.8 Å². The SMILES string of the molecule is Nc1c(N=Nc2ccc(S(=O)(=O)CCOS(=O)(=O)O)cc2)c(N)c(N=Nc2ccc3cc(SOCC(N)(COO)C(=C=O)COO)ccc3c2S(=O)(=O)O)c(C(=O)O)c1N=Nc1ccc(S(=O)(=O)CCOS(=O)(=O)O)cc1. The van der Waals surface area contributed by atoms with Crippen molar-refractivity contribution in [2.24, 2.45) is 36.4 Å². The zero-order valence-electron chi connectivity index (χ0n) is 38.4. The van der Waals surface area contributed by atoms with Gasteiger partial charge in [0.05, 0.1) is 69.4 Å². The average Bonchev–Trinajstić information content (AvgIpc) is 3.33. The first-order valence-electron chi connectivity index (χ1n) is 20.5. The highest BCUT2D eigenvalue weighted by atomic mass is 32.3. The molecule has 5 aromatic carbocycles. The Balaban J connectivity index is 1.60. The molecule has 0 spiro atoms. The number of nitrogens with two attached hydrogens (primary N) is 3. The van der Waals surface area contributed by atoms with Crippen LogP contribution in [0.4, 0.5) is 45.5 Å². The molecule has 0 fully saturated rings. The molecule has 414 valence electrons. The summed E-state index contributed by atoms with van der Waals surface area (Å²) in [4.78, 5) is 31.2. The maximum atomic E-state index is 13.1. The van der Waals surface area contributed by atoms with Crippen molar-refractivity contribution in [2.75, 3.05) is 56.0 Å². The number of hydrogen-bond acceptors (Lipinski definition) is 29. The topological polar surface area (TPSA) is 525 Å². The quantitative estimate of drug-likeness (QED) is 0.00646. The fraction of sp³-hybridized carbons (Fsp3) is 0.205. The van der Waals surface area contributed by atoms with Gasteiger partial charge in [-0.05, 0) is 72.1 Å². The molecule has 0 heterocycles. The summed E-state index contributed by atoms with van der Waals surface area (Å²) in [6.07, 6.45) is 0. The molecule has 0 aliphatic heterocycles. The van der Waals surface area contributed by atoms with E-state index in [1.54, 1.807) is 0 Å².